The van der Waals surface area contributed by atoms with Crippen LogP contribution in [0.3, 0.4) is 0 Å². The Morgan fingerprint density at radius 3 is 3.20 bits per heavy atom. The van der Waals surface area contributed by atoms with Crippen LogP contribution in [0.2, 0.25) is 0 Å². The van der Waals surface area contributed by atoms with E-state index >= 15 is 0 Å². The third-order valence-electron chi connectivity index (χ3n) is 3.31. The Hall–Kier alpha value is -1.36. The second kappa shape index (κ2) is 3.34. The Morgan fingerprint density at radius 2 is 2.60 bits per heavy atom. The Labute approximate surface area is 87.5 Å². The third kappa shape index (κ3) is 1.43. The Kier molecular flexibility index (Phi) is 1.98. The smallest absolute Gasteiger partial charge is 0.291 e. The first-order valence-corrected chi connectivity index (χ1v) is 5.26. The molecule has 1 aromatic heterocycles. The Morgan fingerprint density at radius 1 is 1.67 bits per heavy atom. The number of amides is 1. The molecule has 1 N–H and O–H groups in total. The lowest BCUT2D eigenvalue weighted by molar-refractivity contribution is 0.0481. The molecule has 2 unspecified atom stereocenters. The molecule has 0 saturated carbocycles. The normalized spacial score (nSPS) is 29.5. The van der Waals surface area contributed by atoms with Crippen LogP contribution in [0.5, 0.6) is 0 Å². The first-order valence-electron chi connectivity index (χ1n) is 5.26. The molecule has 0 spiro atoms. The number of rotatable bonds is 1. The molecule has 2 aliphatic heterocycles. The van der Waals surface area contributed by atoms with Crippen LogP contribution in [0.4, 0.5) is 0 Å². The summed E-state index contributed by atoms with van der Waals surface area (Å²) in [6.07, 6.45) is 3.82. The average Bonchev–Trinajstić information content (AvgIpc) is 2.72. The zero-order valence-corrected chi connectivity index (χ0v) is 8.35. The molecule has 1 amide bonds. The second-order valence-electron chi connectivity index (χ2n) is 4.18. The van der Waals surface area contributed by atoms with E-state index in [9.17, 15) is 4.79 Å². The quantitative estimate of drug-likeness (QED) is 0.710. The minimum absolute atomic E-state index is 0.0298. The van der Waals surface area contributed by atoms with Crippen molar-refractivity contribution in [3.05, 3.63) is 18.4 Å². The van der Waals surface area contributed by atoms with Gasteiger partial charge in [0.2, 0.25) is 5.76 Å². The molecule has 0 radical (unpaired) electrons. The van der Waals surface area contributed by atoms with Gasteiger partial charge in [-0.1, -0.05) is 0 Å². The van der Waals surface area contributed by atoms with Crippen molar-refractivity contribution in [2.24, 2.45) is 5.92 Å². The van der Waals surface area contributed by atoms with Gasteiger partial charge in [0.1, 0.15) is 0 Å². The summed E-state index contributed by atoms with van der Waals surface area (Å²) in [5, 5.41) is 3.37. The maximum atomic E-state index is 11.9. The van der Waals surface area contributed by atoms with Crippen LogP contribution in [-0.2, 0) is 0 Å². The average molecular weight is 207 g/mol. The number of oxazole rings is 1. The summed E-state index contributed by atoms with van der Waals surface area (Å²) >= 11 is 0. The molecule has 2 atom stereocenters. The highest BCUT2D eigenvalue weighted by molar-refractivity contribution is 5.91. The molecule has 5 nitrogen and oxygen atoms in total. The fraction of sp³-hybridized carbons (Fsp3) is 0.600. The number of hydrogen-bond donors (Lipinski definition) is 1. The van der Waals surface area contributed by atoms with Gasteiger partial charge in [-0.25, -0.2) is 4.98 Å². The predicted molar refractivity (Wildman–Crippen MR) is 52.3 cm³/mol. The number of fused-ring (bicyclic) bond motifs is 1. The van der Waals surface area contributed by atoms with Crippen LogP contribution in [-0.4, -0.2) is 41.5 Å². The molecule has 15 heavy (non-hydrogen) atoms. The molecular weight excluding hydrogens is 194 g/mol. The van der Waals surface area contributed by atoms with E-state index in [0.29, 0.717) is 17.7 Å². The first kappa shape index (κ1) is 8.91. The predicted octanol–water partition coefficient (Wildman–Crippen LogP) is 0.108. The van der Waals surface area contributed by atoms with Crippen LogP contribution in [0.25, 0.3) is 0 Å². The summed E-state index contributed by atoms with van der Waals surface area (Å²) < 4.78 is 5.01. The van der Waals surface area contributed by atoms with Gasteiger partial charge in [0, 0.05) is 31.6 Å². The van der Waals surface area contributed by atoms with Gasteiger partial charge in [-0.05, 0) is 6.42 Å². The minimum Gasteiger partial charge on any atom is -0.438 e. The van der Waals surface area contributed by atoms with Crippen LogP contribution in [0, 0.1) is 5.92 Å². The molecule has 3 heterocycles. The van der Waals surface area contributed by atoms with Gasteiger partial charge in [0.25, 0.3) is 5.91 Å². The number of carbonyl (C=O) groups is 1. The van der Waals surface area contributed by atoms with E-state index in [4.69, 9.17) is 4.42 Å². The van der Waals surface area contributed by atoms with Crippen molar-refractivity contribution >= 4 is 5.91 Å². The molecule has 2 saturated heterocycles. The van der Waals surface area contributed by atoms with E-state index in [-0.39, 0.29) is 5.91 Å². The van der Waals surface area contributed by atoms with Crippen molar-refractivity contribution in [1.29, 1.82) is 0 Å². The summed E-state index contributed by atoms with van der Waals surface area (Å²) in [7, 11) is 0. The van der Waals surface area contributed by atoms with Crippen molar-refractivity contribution in [1.82, 2.24) is 15.2 Å². The second-order valence-corrected chi connectivity index (χ2v) is 4.18. The largest absolute Gasteiger partial charge is 0.438 e. The van der Waals surface area contributed by atoms with Gasteiger partial charge >= 0.3 is 0 Å². The molecule has 0 bridgehead atoms. The van der Waals surface area contributed by atoms with E-state index < -0.39 is 0 Å². The van der Waals surface area contributed by atoms with E-state index in [1.165, 1.54) is 12.6 Å². The SMILES string of the molecule is O=C(c1cnco1)N1CCC2NCC2C1. The maximum Gasteiger partial charge on any atom is 0.291 e. The van der Waals surface area contributed by atoms with Crippen molar-refractivity contribution in [3.63, 3.8) is 0 Å². The number of likely N-dealkylation sites (tertiary alicyclic amines) is 1. The zero-order chi connectivity index (χ0) is 10.3. The zero-order valence-electron chi connectivity index (χ0n) is 8.35. The number of nitrogens with zero attached hydrogens (tertiary/aromatic N) is 2. The van der Waals surface area contributed by atoms with Gasteiger partial charge < -0.3 is 14.6 Å². The summed E-state index contributed by atoms with van der Waals surface area (Å²) in [4.78, 5) is 17.5. The van der Waals surface area contributed by atoms with Crippen molar-refractivity contribution in [2.75, 3.05) is 19.6 Å². The highest BCUT2D eigenvalue weighted by atomic mass is 16.3. The van der Waals surface area contributed by atoms with E-state index in [1.807, 2.05) is 4.90 Å². The molecule has 0 aromatic carbocycles. The van der Waals surface area contributed by atoms with E-state index in [1.54, 1.807) is 0 Å². The van der Waals surface area contributed by atoms with Crippen LogP contribution < -0.4 is 5.32 Å². The minimum atomic E-state index is -0.0298. The van der Waals surface area contributed by atoms with Crippen molar-refractivity contribution < 1.29 is 9.21 Å². The molecule has 1 aromatic rings. The van der Waals surface area contributed by atoms with Gasteiger partial charge in [0.05, 0.1) is 6.20 Å². The van der Waals surface area contributed by atoms with Gasteiger partial charge in [-0.2, -0.15) is 0 Å². The number of nitrogens with one attached hydrogen (secondary N) is 1. The number of carbonyl (C=O) groups excluding carboxylic acids is 1. The molecule has 0 aliphatic carbocycles. The number of hydrogen-bond acceptors (Lipinski definition) is 4. The van der Waals surface area contributed by atoms with Gasteiger partial charge in [-0.3, -0.25) is 4.79 Å². The lowest BCUT2D eigenvalue weighted by Crippen LogP contribution is -2.62. The number of piperidine rings is 1. The van der Waals surface area contributed by atoms with Crippen LogP contribution >= 0.6 is 0 Å². The van der Waals surface area contributed by atoms with Crippen LogP contribution in [0.1, 0.15) is 17.0 Å². The molecule has 2 fully saturated rings. The standard InChI is InChI=1S/C10H13N3O2/c14-10(9-4-11-6-15-9)13-2-1-8-7(5-13)3-12-8/h4,6-8,12H,1-3,5H2. The lowest BCUT2D eigenvalue weighted by atomic mass is 9.85. The Bertz CT molecular complexity index is 363. The fourth-order valence-electron chi connectivity index (χ4n) is 2.31. The summed E-state index contributed by atoms with van der Waals surface area (Å²) in [5.74, 6) is 0.948. The number of aromatic nitrogens is 1. The summed E-state index contributed by atoms with van der Waals surface area (Å²) in [5.41, 5.74) is 0. The molecule has 2 aliphatic rings. The monoisotopic (exact) mass is 207 g/mol. The fourth-order valence-corrected chi connectivity index (χ4v) is 2.31. The topological polar surface area (TPSA) is 58.4 Å². The highest BCUT2D eigenvalue weighted by Crippen LogP contribution is 2.24. The first-order chi connectivity index (χ1) is 7.34. The van der Waals surface area contributed by atoms with Gasteiger partial charge in [0.15, 0.2) is 6.39 Å². The molecular formula is C10H13N3O2. The molecule has 3 rings (SSSR count). The van der Waals surface area contributed by atoms with Crippen molar-refractivity contribution in [2.45, 2.75) is 12.5 Å². The third-order valence-corrected chi connectivity index (χ3v) is 3.31. The van der Waals surface area contributed by atoms with Crippen LogP contribution in [0.15, 0.2) is 17.0 Å². The summed E-state index contributed by atoms with van der Waals surface area (Å²) in [6, 6.07) is 0.628. The highest BCUT2D eigenvalue weighted by Gasteiger charge is 2.37. The maximum absolute atomic E-state index is 11.9. The molecule has 5 heteroatoms. The Balaban J connectivity index is 1.70. The van der Waals surface area contributed by atoms with Crippen molar-refractivity contribution in [3.8, 4) is 0 Å². The summed E-state index contributed by atoms with van der Waals surface area (Å²) in [6.45, 7) is 2.69. The molecule has 80 valence electrons. The van der Waals surface area contributed by atoms with Gasteiger partial charge in [-0.15, -0.1) is 0 Å². The van der Waals surface area contributed by atoms with E-state index in [2.05, 4.69) is 10.3 Å². The van der Waals surface area contributed by atoms with E-state index in [0.717, 1.165) is 26.1 Å². The lowest BCUT2D eigenvalue weighted by Gasteiger charge is -2.45.